The van der Waals surface area contributed by atoms with E-state index in [-0.39, 0.29) is 5.60 Å². The summed E-state index contributed by atoms with van der Waals surface area (Å²) in [6.45, 7) is 3.97. The van der Waals surface area contributed by atoms with Gasteiger partial charge in [0.1, 0.15) is 5.78 Å². The Bertz CT molecular complexity index is 268. The quantitative estimate of drug-likeness (QED) is 0.673. The molecule has 2 aliphatic heterocycles. The highest BCUT2D eigenvalue weighted by Crippen LogP contribution is 2.60. The van der Waals surface area contributed by atoms with Gasteiger partial charge in [0, 0.05) is 6.42 Å². The molecule has 0 N–H and O–H groups in total. The molecule has 5 atom stereocenters. The fourth-order valence-electron chi connectivity index (χ4n) is 4.07. The maximum atomic E-state index is 11.2. The van der Waals surface area contributed by atoms with Gasteiger partial charge in [-0.3, -0.25) is 0 Å². The van der Waals surface area contributed by atoms with Crippen LogP contribution in [0.5, 0.6) is 0 Å². The first-order chi connectivity index (χ1) is 6.58. The molecule has 2 heteroatoms. The monoisotopic (exact) mass is 194 g/mol. The van der Waals surface area contributed by atoms with Crippen molar-refractivity contribution < 1.29 is 9.53 Å². The zero-order valence-corrected chi connectivity index (χ0v) is 8.95. The third-order valence-electron chi connectivity index (χ3n) is 4.66. The van der Waals surface area contributed by atoms with Crippen molar-refractivity contribution in [2.24, 2.45) is 17.8 Å². The second-order valence-corrected chi connectivity index (χ2v) is 5.67. The van der Waals surface area contributed by atoms with Gasteiger partial charge >= 0.3 is 0 Å². The molecule has 78 valence electrons. The van der Waals surface area contributed by atoms with Crippen LogP contribution in [0.3, 0.4) is 0 Å². The van der Waals surface area contributed by atoms with Crippen molar-refractivity contribution in [3.8, 4) is 0 Å². The first kappa shape index (κ1) is 8.90. The number of rotatable bonds is 2. The summed E-state index contributed by atoms with van der Waals surface area (Å²) in [5, 5.41) is 0. The Morgan fingerprint density at radius 3 is 2.86 bits per heavy atom. The largest absolute Gasteiger partial charge is 0.371 e. The molecule has 4 fully saturated rings. The molecule has 2 heterocycles. The summed E-state index contributed by atoms with van der Waals surface area (Å²) in [4.78, 5) is 11.2. The Kier molecular flexibility index (Phi) is 1.65. The first-order valence-electron chi connectivity index (χ1n) is 5.76. The zero-order chi connectivity index (χ0) is 9.92. The highest BCUT2D eigenvalue weighted by molar-refractivity contribution is 5.75. The topological polar surface area (TPSA) is 26.3 Å². The molecular formula is C12H18O2. The second kappa shape index (κ2) is 2.60. The van der Waals surface area contributed by atoms with E-state index in [1.54, 1.807) is 6.92 Å². The van der Waals surface area contributed by atoms with Crippen molar-refractivity contribution in [3.05, 3.63) is 0 Å². The molecule has 0 aromatic rings. The number of carbonyl (C=O) groups is 1. The maximum absolute atomic E-state index is 11.2. The summed E-state index contributed by atoms with van der Waals surface area (Å²) in [5.41, 5.74) is 0.183. The highest BCUT2D eigenvalue weighted by Gasteiger charge is 2.60. The van der Waals surface area contributed by atoms with Crippen molar-refractivity contribution in [2.75, 3.05) is 0 Å². The molecule has 0 spiro atoms. The van der Waals surface area contributed by atoms with Crippen LogP contribution >= 0.6 is 0 Å². The molecule has 2 saturated carbocycles. The van der Waals surface area contributed by atoms with E-state index in [0.717, 1.165) is 18.3 Å². The van der Waals surface area contributed by atoms with Crippen molar-refractivity contribution >= 4 is 5.78 Å². The van der Waals surface area contributed by atoms with E-state index in [1.807, 2.05) is 0 Å². The number of ether oxygens (including phenoxy) is 1. The Labute approximate surface area is 85.0 Å². The number of Topliss-reactive ketones (excluding diaryl/α,β-unsaturated/α-hetero) is 1. The van der Waals surface area contributed by atoms with E-state index < -0.39 is 0 Å². The Morgan fingerprint density at radius 2 is 2.29 bits per heavy atom. The summed E-state index contributed by atoms with van der Waals surface area (Å²) in [6, 6.07) is 0. The van der Waals surface area contributed by atoms with Crippen LogP contribution in [-0.4, -0.2) is 17.5 Å². The third kappa shape index (κ3) is 1.04. The lowest BCUT2D eigenvalue weighted by Gasteiger charge is -2.37. The van der Waals surface area contributed by atoms with Gasteiger partial charge < -0.3 is 9.53 Å². The van der Waals surface area contributed by atoms with E-state index in [4.69, 9.17) is 4.74 Å². The molecule has 4 aliphatic rings. The van der Waals surface area contributed by atoms with Crippen molar-refractivity contribution in [1.82, 2.24) is 0 Å². The van der Waals surface area contributed by atoms with Gasteiger partial charge in [-0.1, -0.05) is 0 Å². The normalized spacial score (nSPS) is 54.1. The Morgan fingerprint density at radius 1 is 1.50 bits per heavy atom. The molecule has 4 bridgehead atoms. The van der Waals surface area contributed by atoms with Crippen LogP contribution in [-0.2, 0) is 9.53 Å². The summed E-state index contributed by atoms with van der Waals surface area (Å²) >= 11 is 0. The molecule has 0 aromatic carbocycles. The average Bonchev–Trinajstić information content (AvgIpc) is 2.44. The summed E-state index contributed by atoms with van der Waals surface area (Å²) in [5.74, 6) is 2.44. The number of carbonyl (C=O) groups excluding carboxylic acids is 1. The lowest BCUT2D eigenvalue weighted by Crippen LogP contribution is -2.38. The van der Waals surface area contributed by atoms with Gasteiger partial charge in [0.05, 0.1) is 11.7 Å². The summed E-state index contributed by atoms with van der Waals surface area (Å²) < 4.78 is 6.10. The van der Waals surface area contributed by atoms with Gasteiger partial charge in [-0.25, -0.2) is 0 Å². The van der Waals surface area contributed by atoms with Crippen molar-refractivity contribution in [2.45, 2.75) is 51.2 Å². The number of ketones is 1. The van der Waals surface area contributed by atoms with Gasteiger partial charge in [-0.05, 0) is 50.9 Å². The predicted molar refractivity (Wildman–Crippen MR) is 52.9 cm³/mol. The lowest BCUT2D eigenvalue weighted by atomic mass is 9.76. The molecular weight excluding hydrogens is 176 g/mol. The standard InChI is InChI=1S/C12H18O2/c1-7(13)3-10-8-4-9-5-11(10)14-12(9,2)6-8/h8-11H,3-6H2,1-2H3. The number of hydrogen-bond donors (Lipinski definition) is 0. The van der Waals surface area contributed by atoms with Crippen molar-refractivity contribution in [1.29, 1.82) is 0 Å². The van der Waals surface area contributed by atoms with Crippen LogP contribution in [0.15, 0.2) is 0 Å². The fraction of sp³-hybridized carbons (Fsp3) is 0.917. The zero-order valence-electron chi connectivity index (χ0n) is 8.95. The van der Waals surface area contributed by atoms with Crippen molar-refractivity contribution in [3.63, 3.8) is 0 Å². The average molecular weight is 194 g/mol. The maximum Gasteiger partial charge on any atom is 0.130 e. The van der Waals surface area contributed by atoms with Gasteiger partial charge in [-0.15, -0.1) is 0 Å². The Hall–Kier alpha value is -0.370. The summed E-state index contributed by atoms with van der Waals surface area (Å²) in [6.07, 6.45) is 4.88. The smallest absolute Gasteiger partial charge is 0.130 e. The lowest BCUT2D eigenvalue weighted by molar-refractivity contribution is -0.127. The fourth-order valence-corrected chi connectivity index (χ4v) is 4.07. The molecule has 4 rings (SSSR count). The van der Waals surface area contributed by atoms with Crippen LogP contribution in [0.1, 0.15) is 39.5 Å². The van der Waals surface area contributed by atoms with Crippen LogP contribution in [0.2, 0.25) is 0 Å². The molecule has 5 unspecified atom stereocenters. The molecule has 2 saturated heterocycles. The summed E-state index contributed by atoms with van der Waals surface area (Å²) in [7, 11) is 0. The van der Waals surface area contributed by atoms with Gasteiger partial charge in [0.25, 0.3) is 0 Å². The minimum atomic E-state index is 0.183. The van der Waals surface area contributed by atoms with Crippen LogP contribution in [0.25, 0.3) is 0 Å². The SMILES string of the molecule is CC(=O)CC1C2CC3CC1OC3(C)C2. The molecule has 0 radical (unpaired) electrons. The van der Waals surface area contributed by atoms with Gasteiger partial charge in [-0.2, -0.15) is 0 Å². The molecule has 14 heavy (non-hydrogen) atoms. The second-order valence-electron chi connectivity index (χ2n) is 5.67. The van der Waals surface area contributed by atoms with E-state index in [9.17, 15) is 4.79 Å². The Balaban J connectivity index is 1.82. The number of hydrogen-bond acceptors (Lipinski definition) is 2. The van der Waals surface area contributed by atoms with Crippen LogP contribution < -0.4 is 0 Å². The predicted octanol–water partition coefficient (Wildman–Crippen LogP) is 2.17. The highest BCUT2D eigenvalue weighted by atomic mass is 16.5. The third-order valence-corrected chi connectivity index (χ3v) is 4.66. The molecule has 2 aliphatic carbocycles. The van der Waals surface area contributed by atoms with Crippen LogP contribution in [0, 0.1) is 17.8 Å². The van der Waals surface area contributed by atoms with E-state index in [2.05, 4.69) is 6.92 Å². The van der Waals surface area contributed by atoms with Gasteiger partial charge in [0.2, 0.25) is 0 Å². The van der Waals surface area contributed by atoms with E-state index in [1.165, 1.54) is 19.3 Å². The van der Waals surface area contributed by atoms with Gasteiger partial charge in [0.15, 0.2) is 0 Å². The molecule has 0 aromatic heterocycles. The van der Waals surface area contributed by atoms with Crippen LogP contribution in [0.4, 0.5) is 0 Å². The van der Waals surface area contributed by atoms with E-state index >= 15 is 0 Å². The minimum absolute atomic E-state index is 0.183. The van der Waals surface area contributed by atoms with E-state index in [0.29, 0.717) is 17.8 Å². The molecule has 2 nitrogen and oxygen atoms in total. The molecule has 0 amide bonds. The minimum Gasteiger partial charge on any atom is -0.371 e. The first-order valence-corrected chi connectivity index (χ1v) is 5.76.